The zero-order valence-corrected chi connectivity index (χ0v) is 18.1. The van der Waals surface area contributed by atoms with E-state index < -0.39 is 0 Å². The van der Waals surface area contributed by atoms with E-state index in [1.165, 1.54) is 6.20 Å². The molecule has 0 saturated heterocycles. The molecule has 1 amide bonds. The summed E-state index contributed by atoms with van der Waals surface area (Å²) >= 11 is 6.38. The van der Waals surface area contributed by atoms with Gasteiger partial charge < -0.3 is 15.8 Å². The summed E-state index contributed by atoms with van der Waals surface area (Å²) in [6.45, 7) is 4.63. The molecule has 1 aromatic carbocycles. The van der Waals surface area contributed by atoms with Crippen molar-refractivity contribution in [2.24, 2.45) is 18.7 Å². The van der Waals surface area contributed by atoms with Crippen LogP contribution >= 0.6 is 11.6 Å². The second-order valence-electron chi connectivity index (χ2n) is 7.57. The second-order valence-corrected chi connectivity index (χ2v) is 7.98. The van der Waals surface area contributed by atoms with Crippen LogP contribution in [0.3, 0.4) is 0 Å². The van der Waals surface area contributed by atoms with Gasteiger partial charge in [-0.3, -0.25) is 14.5 Å². The summed E-state index contributed by atoms with van der Waals surface area (Å²) in [6.07, 6.45) is 5.57. The molecule has 2 heterocycles. The van der Waals surface area contributed by atoms with Gasteiger partial charge in [-0.05, 0) is 42.7 Å². The van der Waals surface area contributed by atoms with Gasteiger partial charge >= 0.3 is 0 Å². The Labute approximate surface area is 181 Å². The van der Waals surface area contributed by atoms with Gasteiger partial charge in [-0.2, -0.15) is 5.10 Å². The summed E-state index contributed by atoms with van der Waals surface area (Å²) < 4.78 is 7.70. The SMILES string of the molecule is CC(C)C[C@@H](N)COc1ccc(NC(=O)c2cccnc2)cc1-c1c(Cl)cnn1C. The Morgan fingerprint density at radius 2 is 2.10 bits per heavy atom. The topological polar surface area (TPSA) is 95.1 Å². The molecule has 0 spiro atoms. The van der Waals surface area contributed by atoms with Gasteiger partial charge in [0.05, 0.1) is 22.5 Å². The van der Waals surface area contributed by atoms with Crippen molar-refractivity contribution in [3.8, 4) is 17.0 Å². The Morgan fingerprint density at radius 1 is 1.30 bits per heavy atom. The molecule has 0 radical (unpaired) electrons. The number of nitrogens with zero attached hydrogens (tertiary/aromatic N) is 3. The van der Waals surface area contributed by atoms with Gasteiger partial charge in [0.1, 0.15) is 12.4 Å². The number of hydrogen-bond donors (Lipinski definition) is 2. The molecular weight excluding hydrogens is 402 g/mol. The number of aryl methyl sites for hydroxylation is 1. The van der Waals surface area contributed by atoms with Crippen molar-refractivity contribution in [1.29, 1.82) is 0 Å². The highest BCUT2D eigenvalue weighted by molar-refractivity contribution is 6.33. The van der Waals surface area contributed by atoms with E-state index in [1.54, 1.807) is 48.4 Å². The molecule has 7 nitrogen and oxygen atoms in total. The highest BCUT2D eigenvalue weighted by Gasteiger charge is 2.17. The first kappa shape index (κ1) is 21.8. The monoisotopic (exact) mass is 427 g/mol. The average molecular weight is 428 g/mol. The van der Waals surface area contributed by atoms with Crippen LogP contribution in [0.15, 0.2) is 48.9 Å². The van der Waals surface area contributed by atoms with E-state index in [0.29, 0.717) is 40.2 Å². The quantitative estimate of drug-likeness (QED) is 0.563. The molecule has 0 fully saturated rings. The van der Waals surface area contributed by atoms with Crippen LogP contribution in [0.4, 0.5) is 5.69 Å². The number of halogens is 1. The largest absolute Gasteiger partial charge is 0.491 e. The van der Waals surface area contributed by atoms with Crippen LogP contribution in [0, 0.1) is 5.92 Å². The molecule has 0 aliphatic heterocycles. The molecule has 2 aromatic heterocycles. The summed E-state index contributed by atoms with van der Waals surface area (Å²) in [6, 6.07) is 8.75. The molecule has 0 aliphatic rings. The van der Waals surface area contributed by atoms with Gasteiger partial charge in [0.2, 0.25) is 0 Å². The standard InChI is InChI=1S/C22H26ClN5O2/c1-14(2)9-16(24)13-30-20-7-6-17(27-22(29)15-5-4-8-25-11-15)10-18(20)21-19(23)12-26-28(21)3/h4-8,10-12,14,16H,9,13,24H2,1-3H3,(H,27,29)/t16-/m1/s1. The van der Waals surface area contributed by atoms with Gasteiger partial charge in [0.15, 0.2) is 0 Å². The Balaban J connectivity index is 1.89. The van der Waals surface area contributed by atoms with E-state index in [0.717, 1.165) is 12.0 Å². The van der Waals surface area contributed by atoms with Crippen molar-refractivity contribution in [2.45, 2.75) is 26.3 Å². The second kappa shape index (κ2) is 9.73. The molecule has 0 unspecified atom stereocenters. The molecule has 1 atom stereocenters. The molecule has 8 heteroatoms. The van der Waals surface area contributed by atoms with E-state index in [1.807, 2.05) is 6.07 Å². The Morgan fingerprint density at radius 3 is 2.73 bits per heavy atom. The normalized spacial score (nSPS) is 12.1. The fraction of sp³-hybridized carbons (Fsp3) is 0.318. The summed E-state index contributed by atoms with van der Waals surface area (Å²) in [5, 5.41) is 7.59. The number of carbonyl (C=O) groups excluding carboxylic acids is 1. The van der Waals surface area contributed by atoms with Crippen molar-refractivity contribution >= 4 is 23.2 Å². The van der Waals surface area contributed by atoms with Crippen molar-refractivity contribution in [2.75, 3.05) is 11.9 Å². The van der Waals surface area contributed by atoms with Crippen LogP contribution in [-0.2, 0) is 7.05 Å². The van der Waals surface area contributed by atoms with Crippen LogP contribution in [0.25, 0.3) is 11.3 Å². The number of pyridine rings is 1. The Hall–Kier alpha value is -2.90. The van der Waals surface area contributed by atoms with E-state index in [4.69, 9.17) is 22.1 Å². The predicted octanol–water partition coefficient (Wildman–Crippen LogP) is 4.14. The first-order chi connectivity index (χ1) is 14.3. The molecule has 30 heavy (non-hydrogen) atoms. The maximum Gasteiger partial charge on any atom is 0.257 e. The third-order valence-electron chi connectivity index (χ3n) is 4.54. The number of hydrogen-bond acceptors (Lipinski definition) is 5. The Kier molecular flexibility index (Phi) is 7.07. The van der Waals surface area contributed by atoms with Gasteiger partial charge in [0, 0.05) is 36.7 Å². The van der Waals surface area contributed by atoms with Gasteiger partial charge in [-0.15, -0.1) is 0 Å². The number of amides is 1. The summed E-state index contributed by atoms with van der Waals surface area (Å²) in [5.41, 5.74) is 8.67. The van der Waals surface area contributed by atoms with Gasteiger partial charge in [0.25, 0.3) is 5.91 Å². The molecular formula is C22H26ClN5O2. The molecule has 0 bridgehead atoms. The number of anilines is 1. The molecule has 158 valence electrons. The van der Waals surface area contributed by atoms with Crippen molar-refractivity contribution in [1.82, 2.24) is 14.8 Å². The van der Waals surface area contributed by atoms with Crippen molar-refractivity contribution in [3.63, 3.8) is 0 Å². The fourth-order valence-corrected chi connectivity index (χ4v) is 3.47. The lowest BCUT2D eigenvalue weighted by Gasteiger charge is -2.18. The zero-order valence-electron chi connectivity index (χ0n) is 17.3. The maximum absolute atomic E-state index is 12.5. The Bertz CT molecular complexity index is 985. The van der Waals surface area contributed by atoms with Crippen LogP contribution in [-0.4, -0.2) is 33.3 Å². The van der Waals surface area contributed by atoms with Crippen LogP contribution in [0.1, 0.15) is 30.6 Å². The lowest BCUT2D eigenvalue weighted by atomic mass is 10.1. The number of aromatic nitrogens is 3. The molecule has 0 saturated carbocycles. The molecule has 3 N–H and O–H groups in total. The average Bonchev–Trinajstić information content (AvgIpc) is 3.05. The zero-order chi connectivity index (χ0) is 21.7. The molecule has 3 rings (SSSR count). The van der Waals surface area contributed by atoms with E-state index in [2.05, 4.69) is 29.2 Å². The molecule has 0 aliphatic carbocycles. The fourth-order valence-electron chi connectivity index (χ4n) is 3.20. The number of carbonyl (C=O) groups is 1. The van der Waals surface area contributed by atoms with Crippen molar-refractivity contribution < 1.29 is 9.53 Å². The van der Waals surface area contributed by atoms with Gasteiger partial charge in [-0.25, -0.2) is 0 Å². The minimum Gasteiger partial charge on any atom is -0.491 e. The minimum atomic E-state index is -0.252. The summed E-state index contributed by atoms with van der Waals surface area (Å²) in [5.74, 6) is 0.858. The highest BCUT2D eigenvalue weighted by atomic mass is 35.5. The lowest BCUT2D eigenvalue weighted by molar-refractivity contribution is 0.102. The first-order valence-corrected chi connectivity index (χ1v) is 10.1. The molecule has 3 aromatic rings. The van der Waals surface area contributed by atoms with Crippen LogP contribution in [0.2, 0.25) is 5.02 Å². The number of nitrogens with two attached hydrogens (primary N) is 1. The van der Waals surface area contributed by atoms with Crippen molar-refractivity contribution in [3.05, 3.63) is 59.5 Å². The van der Waals surface area contributed by atoms with E-state index in [-0.39, 0.29) is 11.9 Å². The maximum atomic E-state index is 12.5. The highest BCUT2D eigenvalue weighted by Crippen LogP contribution is 2.36. The van der Waals surface area contributed by atoms with Crippen LogP contribution in [0.5, 0.6) is 5.75 Å². The third kappa shape index (κ3) is 5.37. The minimum absolute atomic E-state index is 0.0789. The summed E-state index contributed by atoms with van der Waals surface area (Å²) in [7, 11) is 1.80. The predicted molar refractivity (Wildman–Crippen MR) is 119 cm³/mol. The smallest absolute Gasteiger partial charge is 0.257 e. The number of ether oxygens (including phenoxy) is 1. The number of rotatable bonds is 8. The lowest BCUT2D eigenvalue weighted by Crippen LogP contribution is -2.29. The van der Waals surface area contributed by atoms with Crippen LogP contribution < -0.4 is 15.8 Å². The van der Waals surface area contributed by atoms with E-state index in [9.17, 15) is 4.79 Å². The summed E-state index contributed by atoms with van der Waals surface area (Å²) in [4.78, 5) is 16.5. The van der Waals surface area contributed by atoms with E-state index >= 15 is 0 Å². The first-order valence-electron chi connectivity index (χ1n) is 9.76. The number of benzene rings is 1. The number of nitrogens with one attached hydrogen (secondary N) is 1. The van der Waals surface area contributed by atoms with Gasteiger partial charge in [-0.1, -0.05) is 25.4 Å². The third-order valence-corrected chi connectivity index (χ3v) is 4.81.